The van der Waals surface area contributed by atoms with Crippen molar-refractivity contribution in [3.8, 4) is 5.75 Å². The molecule has 2 aromatic carbocycles. The molecule has 31 heavy (non-hydrogen) atoms. The van der Waals surface area contributed by atoms with Crippen LogP contribution in [0.3, 0.4) is 0 Å². The van der Waals surface area contributed by atoms with Crippen molar-refractivity contribution < 1.29 is 14.3 Å². The molecule has 1 aliphatic rings. The molecule has 0 aliphatic heterocycles. The lowest BCUT2D eigenvalue weighted by molar-refractivity contribution is -0.142. The highest BCUT2D eigenvalue weighted by molar-refractivity contribution is 6.31. The number of carbonyl (C=O) groups excluding carboxylic acids is 2. The molecule has 6 heteroatoms. The number of ether oxygens (including phenoxy) is 1. The molecule has 0 saturated heterocycles. The molecule has 2 amide bonds. The van der Waals surface area contributed by atoms with Crippen molar-refractivity contribution in [1.82, 2.24) is 10.2 Å². The van der Waals surface area contributed by atoms with Gasteiger partial charge in [0.05, 0.1) is 0 Å². The van der Waals surface area contributed by atoms with Crippen LogP contribution in [0.15, 0.2) is 48.5 Å². The number of nitrogens with one attached hydrogen (secondary N) is 1. The largest absolute Gasteiger partial charge is 0.484 e. The number of aryl methyl sites for hydroxylation is 1. The Morgan fingerprint density at radius 3 is 2.45 bits per heavy atom. The normalized spacial score (nSPS) is 15.2. The van der Waals surface area contributed by atoms with Gasteiger partial charge in [0.25, 0.3) is 5.91 Å². The van der Waals surface area contributed by atoms with Crippen LogP contribution < -0.4 is 10.1 Å². The summed E-state index contributed by atoms with van der Waals surface area (Å²) < 4.78 is 5.70. The average Bonchev–Trinajstić information content (AvgIpc) is 2.78. The molecule has 0 spiro atoms. The van der Waals surface area contributed by atoms with Crippen molar-refractivity contribution in [2.45, 2.75) is 64.6 Å². The van der Waals surface area contributed by atoms with Crippen molar-refractivity contribution in [2.75, 3.05) is 6.61 Å². The van der Waals surface area contributed by atoms with Gasteiger partial charge in [-0.3, -0.25) is 9.59 Å². The van der Waals surface area contributed by atoms with E-state index in [1.807, 2.05) is 49.4 Å². The van der Waals surface area contributed by atoms with Gasteiger partial charge in [-0.1, -0.05) is 66.8 Å². The Morgan fingerprint density at radius 1 is 1.10 bits per heavy atom. The number of nitrogens with zero attached hydrogens (tertiary/aromatic N) is 1. The van der Waals surface area contributed by atoms with E-state index in [0.29, 0.717) is 10.8 Å². The molecule has 166 valence electrons. The number of hydrogen-bond donors (Lipinski definition) is 1. The Hall–Kier alpha value is -2.53. The maximum atomic E-state index is 13.1. The van der Waals surface area contributed by atoms with Crippen molar-refractivity contribution in [2.24, 2.45) is 0 Å². The van der Waals surface area contributed by atoms with E-state index in [2.05, 4.69) is 5.32 Å². The van der Waals surface area contributed by atoms with Crippen LogP contribution >= 0.6 is 11.6 Å². The number of benzene rings is 2. The molecule has 1 atom stereocenters. The van der Waals surface area contributed by atoms with Gasteiger partial charge in [0.15, 0.2) is 6.61 Å². The summed E-state index contributed by atoms with van der Waals surface area (Å²) in [4.78, 5) is 27.6. The summed E-state index contributed by atoms with van der Waals surface area (Å²) >= 11 is 6.33. The zero-order valence-electron chi connectivity index (χ0n) is 18.3. The van der Waals surface area contributed by atoms with Gasteiger partial charge in [-0.25, -0.2) is 0 Å². The molecule has 0 radical (unpaired) electrons. The predicted octanol–water partition coefficient (Wildman–Crippen LogP) is 4.89. The summed E-state index contributed by atoms with van der Waals surface area (Å²) in [6.45, 7) is 3.86. The molecular formula is C25H31ClN2O3. The molecule has 2 aromatic rings. The van der Waals surface area contributed by atoms with Crippen LogP contribution in [0.4, 0.5) is 0 Å². The summed E-state index contributed by atoms with van der Waals surface area (Å²) in [6.07, 6.45) is 5.47. The third kappa shape index (κ3) is 6.73. The summed E-state index contributed by atoms with van der Waals surface area (Å²) in [5.74, 6) is 0.227. The maximum absolute atomic E-state index is 13.1. The molecule has 0 aromatic heterocycles. The molecule has 1 unspecified atom stereocenters. The number of rotatable bonds is 8. The van der Waals surface area contributed by atoms with Crippen LogP contribution in [0.1, 0.15) is 50.2 Å². The number of hydrogen-bond acceptors (Lipinski definition) is 3. The standard InChI is InChI=1S/C25H31ClN2O3/c1-18-12-14-22(15-13-18)31-17-24(29)28(16-20-8-6-7-11-23(20)26)19(2)25(30)27-21-9-4-3-5-10-21/h6-8,11-15,19,21H,3-5,9-10,16-17H2,1-2H3,(H,27,30). The van der Waals surface area contributed by atoms with Crippen molar-refractivity contribution in [1.29, 1.82) is 0 Å². The van der Waals surface area contributed by atoms with E-state index in [0.717, 1.165) is 36.8 Å². The van der Waals surface area contributed by atoms with Crippen LogP contribution in [0.2, 0.25) is 5.02 Å². The van der Waals surface area contributed by atoms with Gasteiger partial charge in [0.1, 0.15) is 11.8 Å². The first-order valence-corrected chi connectivity index (χ1v) is 11.3. The van der Waals surface area contributed by atoms with E-state index < -0.39 is 6.04 Å². The van der Waals surface area contributed by atoms with Gasteiger partial charge in [0, 0.05) is 17.6 Å². The smallest absolute Gasteiger partial charge is 0.261 e. The minimum absolute atomic E-state index is 0.136. The second-order valence-corrected chi connectivity index (χ2v) is 8.64. The topological polar surface area (TPSA) is 58.6 Å². The summed E-state index contributed by atoms with van der Waals surface area (Å²) in [6, 6.07) is 14.5. The van der Waals surface area contributed by atoms with E-state index in [9.17, 15) is 9.59 Å². The van der Waals surface area contributed by atoms with Gasteiger partial charge in [-0.2, -0.15) is 0 Å². The van der Waals surface area contributed by atoms with Gasteiger partial charge in [-0.05, 0) is 50.5 Å². The van der Waals surface area contributed by atoms with Crippen LogP contribution in [0, 0.1) is 6.92 Å². The molecule has 1 saturated carbocycles. The SMILES string of the molecule is Cc1ccc(OCC(=O)N(Cc2ccccc2Cl)C(C)C(=O)NC2CCCCC2)cc1. The molecule has 0 bridgehead atoms. The third-order valence-corrected chi connectivity index (χ3v) is 6.17. The highest BCUT2D eigenvalue weighted by Crippen LogP contribution is 2.21. The van der Waals surface area contributed by atoms with E-state index in [1.54, 1.807) is 17.9 Å². The van der Waals surface area contributed by atoms with Gasteiger partial charge < -0.3 is 15.0 Å². The van der Waals surface area contributed by atoms with Crippen LogP contribution in [-0.2, 0) is 16.1 Å². The van der Waals surface area contributed by atoms with Gasteiger partial charge >= 0.3 is 0 Å². The number of halogens is 1. The summed E-state index contributed by atoms with van der Waals surface area (Å²) in [5.41, 5.74) is 1.91. The van der Waals surface area contributed by atoms with E-state index in [-0.39, 0.29) is 31.0 Å². The van der Waals surface area contributed by atoms with Crippen molar-refractivity contribution >= 4 is 23.4 Å². The number of amides is 2. The Balaban J connectivity index is 1.71. The van der Waals surface area contributed by atoms with Gasteiger partial charge in [0.2, 0.25) is 5.91 Å². The first-order valence-electron chi connectivity index (χ1n) is 11.0. The van der Waals surface area contributed by atoms with E-state index in [1.165, 1.54) is 6.42 Å². The Morgan fingerprint density at radius 2 is 1.77 bits per heavy atom. The second-order valence-electron chi connectivity index (χ2n) is 8.23. The quantitative estimate of drug-likeness (QED) is 0.633. The first kappa shape index (κ1) is 23.1. The van der Waals surface area contributed by atoms with Crippen LogP contribution in [0.5, 0.6) is 5.75 Å². The van der Waals surface area contributed by atoms with E-state index in [4.69, 9.17) is 16.3 Å². The lowest BCUT2D eigenvalue weighted by Gasteiger charge is -2.31. The van der Waals surface area contributed by atoms with Crippen LogP contribution in [-0.4, -0.2) is 35.4 Å². The fourth-order valence-electron chi connectivity index (χ4n) is 3.82. The summed E-state index contributed by atoms with van der Waals surface area (Å²) in [7, 11) is 0. The van der Waals surface area contributed by atoms with Crippen molar-refractivity contribution in [3.63, 3.8) is 0 Å². The minimum Gasteiger partial charge on any atom is -0.484 e. The Kier molecular flexibility index (Phi) is 8.35. The Bertz CT molecular complexity index is 879. The fraction of sp³-hybridized carbons (Fsp3) is 0.440. The van der Waals surface area contributed by atoms with Crippen molar-refractivity contribution in [3.05, 3.63) is 64.7 Å². The molecule has 1 fully saturated rings. The molecule has 3 rings (SSSR count). The lowest BCUT2D eigenvalue weighted by atomic mass is 9.95. The monoisotopic (exact) mass is 442 g/mol. The molecule has 1 N–H and O–H groups in total. The predicted molar refractivity (Wildman–Crippen MR) is 123 cm³/mol. The number of carbonyl (C=O) groups is 2. The van der Waals surface area contributed by atoms with Gasteiger partial charge in [-0.15, -0.1) is 0 Å². The van der Waals surface area contributed by atoms with Crippen LogP contribution in [0.25, 0.3) is 0 Å². The summed E-state index contributed by atoms with van der Waals surface area (Å²) in [5, 5.41) is 3.70. The fourth-order valence-corrected chi connectivity index (χ4v) is 4.02. The second kappa shape index (κ2) is 11.2. The third-order valence-electron chi connectivity index (χ3n) is 5.80. The lowest BCUT2D eigenvalue weighted by Crippen LogP contribution is -2.51. The molecule has 0 heterocycles. The maximum Gasteiger partial charge on any atom is 0.261 e. The first-order chi connectivity index (χ1) is 14.9. The Labute approximate surface area is 189 Å². The zero-order valence-corrected chi connectivity index (χ0v) is 19.0. The van der Waals surface area contributed by atoms with E-state index >= 15 is 0 Å². The molecular weight excluding hydrogens is 412 g/mol. The molecule has 5 nitrogen and oxygen atoms in total. The minimum atomic E-state index is -0.632. The highest BCUT2D eigenvalue weighted by Gasteiger charge is 2.28. The highest BCUT2D eigenvalue weighted by atomic mass is 35.5. The zero-order chi connectivity index (χ0) is 22.2. The average molecular weight is 443 g/mol. The molecule has 1 aliphatic carbocycles.